The van der Waals surface area contributed by atoms with Gasteiger partial charge in [-0.15, -0.1) is 0 Å². The highest BCUT2D eigenvalue weighted by Gasteiger charge is 2.09. The van der Waals surface area contributed by atoms with Gasteiger partial charge in [-0.3, -0.25) is 10.1 Å². The van der Waals surface area contributed by atoms with Crippen molar-refractivity contribution in [1.82, 2.24) is 0 Å². The van der Waals surface area contributed by atoms with Crippen LogP contribution >= 0.6 is 0 Å². The Bertz CT molecular complexity index is 472. The quantitative estimate of drug-likeness (QED) is 0.325. The summed E-state index contributed by atoms with van der Waals surface area (Å²) >= 11 is 0. The molecule has 21 heavy (non-hydrogen) atoms. The highest BCUT2D eigenvalue weighted by Crippen LogP contribution is 2.13. The average Bonchev–Trinajstić information content (AvgIpc) is 2.45. The van der Waals surface area contributed by atoms with Gasteiger partial charge >= 0.3 is 0 Å². The van der Waals surface area contributed by atoms with Crippen molar-refractivity contribution in [2.75, 3.05) is 19.8 Å². The van der Waals surface area contributed by atoms with Gasteiger partial charge in [0.2, 0.25) is 0 Å². The van der Waals surface area contributed by atoms with E-state index in [0.29, 0.717) is 18.9 Å². The van der Waals surface area contributed by atoms with Gasteiger partial charge in [0.1, 0.15) is 12.3 Å². The van der Waals surface area contributed by atoms with E-state index in [1.54, 1.807) is 12.1 Å². The Morgan fingerprint density at radius 3 is 2.62 bits per heavy atom. The van der Waals surface area contributed by atoms with Gasteiger partial charge in [-0.05, 0) is 25.5 Å². The Morgan fingerprint density at radius 2 is 2.10 bits per heavy atom. The molecule has 0 aliphatic rings. The summed E-state index contributed by atoms with van der Waals surface area (Å²) in [4.78, 5) is 15.4. The zero-order valence-corrected chi connectivity index (χ0v) is 12.3. The van der Waals surface area contributed by atoms with Crippen molar-refractivity contribution in [1.29, 1.82) is 0 Å². The van der Waals surface area contributed by atoms with E-state index in [0.717, 1.165) is 12.0 Å². The molecular weight excluding hydrogens is 274 g/mol. The summed E-state index contributed by atoms with van der Waals surface area (Å²) in [6.07, 6.45) is 0.897. The maximum absolute atomic E-state index is 10.7. The van der Waals surface area contributed by atoms with Crippen LogP contribution in [0.15, 0.2) is 29.4 Å². The molecule has 0 amide bonds. The monoisotopic (exact) mass is 295 g/mol. The van der Waals surface area contributed by atoms with Crippen molar-refractivity contribution in [3.8, 4) is 0 Å². The third-order valence-corrected chi connectivity index (χ3v) is 2.51. The zero-order valence-electron chi connectivity index (χ0n) is 12.3. The fourth-order valence-electron chi connectivity index (χ4n) is 1.48. The molecule has 0 saturated heterocycles. The molecule has 1 atom stereocenters. The first-order valence-electron chi connectivity index (χ1n) is 6.81. The second-order valence-corrected chi connectivity index (χ2v) is 4.67. The van der Waals surface area contributed by atoms with E-state index < -0.39 is 4.92 Å². The van der Waals surface area contributed by atoms with Crippen LogP contribution in [0.2, 0.25) is 0 Å². The van der Waals surface area contributed by atoms with E-state index >= 15 is 0 Å². The molecule has 7 heteroatoms. The molecule has 0 aliphatic carbocycles. The van der Waals surface area contributed by atoms with Gasteiger partial charge in [0.15, 0.2) is 0 Å². The molecule has 0 fully saturated rings. The maximum atomic E-state index is 10.7. The van der Waals surface area contributed by atoms with Crippen LogP contribution in [0.25, 0.3) is 0 Å². The minimum atomic E-state index is -0.444. The number of rotatable bonds is 9. The summed E-state index contributed by atoms with van der Waals surface area (Å²) in [5, 5.41) is 14.7. The molecule has 0 bridgehead atoms. The van der Waals surface area contributed by atoms with Gasteiger partial charge in [-0.2, -0.15) is 0 Å². The molecule has 0 heterocycles. The molecular formula is C14H21N3O4. The molecule has 1 aromatic rings. The van der Waals surface area contributed by atoms with E-state index in [1.807, 2.05) is 13.8 Å². The second kappa shape index (κ2) is 9.04. The smallest absolute Gasteiger partial charge is 0.269 e. The van der Waals surface area contributed by atoms with E-state index in [-0.39, 0.29) is 18.3 Å². The Morgan fingerprint density at radius 1 is 1.43 bits per heavy atom. The van der Waals surface area contributed by atoms with Crippen LogP contribution in [0.4, 0.5) is 5.69 Å². The molecule has 116 valence electrons. The molecule has 0 aliphatic heterocycles. The van der Waals surface area contributed by atoms with Crippen LogP contribution in [0.5, 0.6) is 0 Å². The average molecular weight is 295 g/mol. The van der Waals surface area contributed by atoms with E-state index in [4.69, 9.17) is 15.3 Å². The number of hydrogen-bond acceptors (Lipinski definition) is 6. The number of nitrogens with two attached hydrogens (primary N) is 1. The first-order valence-corrected chi connectivity index (χ1v) is 6.81. The molecule has 1 rings (SSSR count). The lowest BCUT2D eigenvalue weighted by Crippen LogP contribution is -2.21. The largest absolute Gasteiger partial charge is 0.394 e. The van der Waals surface area contributed by atoms with E-state index in [1.165, 1.54) is 12.1 Å². The van der Waals surface area contributed by atoms with Crippen LogP contribution in [0, 0.1) is 10.1 Å². The number of hydrogen-bond donors (Lipinski definition) is 1. The van der Waals surface area contributed by atoms with Crippen LogP contribution in [-0.4, -0.2) is 36.5 Å². The van der Waals surface area contributed by atoms with Gasteiger partial charge < -0.3 is 15.3 Å². The number of benzene rings is 1. The number of non-ortho nitro benzene ring substituents is 1. The van der Waals surface area contributed by atoms with Crippen molar-refractivity contribution in [3.05, 3.63) is 39.9 Å². The standard InChI is InChI=1S/C14H21N3O4/c1-3-8-20-10-14(16-21-9-11(2)15)12-4-6-13(7-5-12)17(18)19/h4-7,11H,3,8-10,15H2,1-2H3. The van der Waals surface area contributed by atoms with Gasteiger partial charge in [0.25, 0.3) is 5.69 Å². The predicted molar refractivity (Wildman–Crippen MR) is 80.3 cm³/mol. The van der Waals surface area contributed by atoms with E-state index in [9.17, 15) is 10.1 Å². The van der Waals surface area contributed by atoms with Crippen LogP contribution in [0.3, 0.4) is 0 Å². The molecule has 0 saturated carbocycles. The maximum Gasteiger partial charge on any atom is 0.269 e. The van der Waals surface area contributed by atoms with Crippen molar-refractivity contribution in [3.63, 3.8) is 0 Å². The third kappa shape index (κ3) is 6.33. The lowest BCUT2D eigenvalue weighted by Gasteiger charge is -2.09. The molecule has 1 aromatic carbocycles. The minimum Gasteiger partial charge on any atom is -0.394 e. The van der Waals surface area contributed by atoms with Crippen LogP contribution < -0.4 is 5.73 Å². The predicted octanol–water partition coefficient (Wildman–Crippen LogP) is 2.09. The molecule has 0 radical (unpaired) electrons. The van der Waals surface area contributed by atoms with Crippen molar-refractivity contribution >= 4 is 11.4 Å². The first kappa shape index (κ1) is 17.1. The van der Waals surface area contributed by atoms with Gasteiger partial charge in [-0.25, -0.2) is 0 Å². The zero-order chi connectivity index (χ0) is 15.7. The Hall–Kier alpha value is -1.99. The summed E-state index contributed by atoms with van der Waals surface area (Å²) in [5.74, 6) is 0. The van der Waals surface area contributed by atoms with E-state index in [2.05, 4.69) is 5.16 Å². The topological polar surface area (TPSA) is 100.0 Å². The van der Waals surface area contributed by atoms with Crippen molar-refractivity contribution in [2.24, 2.45) is 10.9 Å². The van der Waals surface area contributed by atoms with Gasteiger partial charge in [-0.1, -0.05) is 12.1 Å². The fourth-order valence-corrected chi connectivity index (χ4v) is 1.48. The molecule has 2 N–H and O–H groups in total. The summed E-state index contributed by atoms with van der Waals surface area (Å²) in [6.45, 7) is 5.01. The third-order valence-electron chi connectivity index (χ3n) is 2.51. The van der Waals surface area contributed by atoms with Crippen molar-refractivity contribution in [2.45, 2.75) is 26.3 Å². The number of ether oxygens (including phenoxy) is 1. The normalized spacial score (nSPS) is 13.0. The SMILES string of the molecule is CCCOCC(=NOCC(C)N)c1ccc([N+](=O)[O-])cc1. The summed E-state index contributed by atoms with van der Waals surface area (Å²) in [6, 6.07) is 5.98. The molecule has 0 aromatic heterocycles. The summed E-state index contributed by atoms with van der Waals surface area (Å²) in [7, 11) is 0. The Balaban J connectivity index is 2.80. The highest BCUT2D eigenvalue weighted by molar-refractivity contribution is 6.01. The number of oxime groups is 1. The number of nitro groups is 1. The van der Waals surface area contributed by atoms with Gasteiger partial charge in [0, 0.05) is 30.3 Å². The summed E-state index contributed by atoms with van der Waals surface area (Å²) in [5.41, 5.74) is 6.93. The minimum absolute atomic E-state index is 0.0316. The van der Waals surface area contributed by atoms with Crippen molar-refractivity contribution < 1.29 is 14.5 Å². The van der Waals surface area contributed by atoms with Crippen LogP contribution in [0.1, 0.15) is 25.8 Å². The molecule has 1 unspecified atom stereocenters. The first-order chi connectivity index (χ1) is 10.0. The molecule has 0 spiro atoms. The van der Waals surface area contributed by atoms with Crippen LogP contribution in [-0.2, 0) is 9.57 Å². The number of nitro benzene ring substituents is 1. The van der Waals surface area contributed by atoms with Gasteiger partial charge in [0.05, 0.1) is 11.5 Å². The Kier molecular flexibility index (Phi) is 7.34. The lowest BCUT2D eigenvalue weighted by molar-refractivity contribution is -0.384. The summed E-state index contributed by atoms with van der Waals surface area (Å²) < 4.78 is 5.46. The highest BCUT2D eigenvalue weighted by atomic mass is 16.6. The lowest BCUT2D eigenvalue weighted by atomic mass is 10.1. The number of nitrogens with zero attached hydrogens (tertiary/aromatic N) is 2. The molecule has 7 nitrogen and oxygen atoms in total. The Labute approximate surface area is 123 Å². The fraction of sp³-hybridized carbons (Fsp3) is 0.500. The second-order valence-electron chi connectivity index (χ2n) is 4.67.